The Morgan fingerprint density at radius 3 is 2.56 bits per heavy atom. The molecule has 0 atom stereocenters. The normalized spacial score (nSPS) is 19.9. The van der Waals surface area contributed by atoms with Crippen LogP contribution in [0.5, 0.6) is 0 Å². The lowest BCUT2D eigenvalue weighted by Crippen LogP contribution is -2.46. The van der Waals surface area contributed by atoms with Crippen LogP contribution in [-0.2, 0) is 11.3 Å². The lowest BCUT2D eigenvalue weighted by atomic mass is 9.92. The fourth-order valence-corrected chi connectivity index (χ4v) is 2.05. The molecule has 1 N–H and O–H groups in total. The van der Waals surface area contributed by atoms with Crippen LogP contribution in [0.2, 0.25) is 0 Å². The number of ether oxygens (including phenoxy) is 1. The van der Waals surface area contributed by atoms with Gasteiger partial charge in [0.1, 0.15) is 5.76 Å². The number of aryl methyl sites for hydroxylation is 2. The van der Waals surface area contributed by atoms with Crippen LogP contribution in [0.25, 0.3) is 0 Å². The zero-order valence-corrected chi connectivity index (χ0v) is 10.3. The molecule has 90 valence electrons. The summed E-state index contributed by atoms with van der Waals surface area (Å²) in [7, 11) is 0. The van der Waals surface area contributed by atoms with Crippen LogP contribution in [-0.4, -0.2) is 23.9 Å². The molecule has 0 bridgehead atoms. The van der Waals surface area contributed by atoms with E-state index >= 15 is 0 Å². The highest BCUT2D eigenvalue weighted by atomic mass is 16.5. The van der Waals surface area contributed by atoms with E-state index in [9.17, 15) is 0 Å². The molecule has 0 unspecified atom stereocenters. The first kappa shape index (κ1) is 11.6. The first-order chi connectivity index (χ1) is 7.61. The van der Waals surface area contributed by atoms with Crippen molar-refractivity contribution in [3.05, 3.63) is 17.0 Å². The average Bonchev–Trinajstić information content (AvgIpc) is 2.57. The van der Waals surface area contributed by atoms with E-state index in [2.05, 4.69) is 17.4 Å². The molecular weight excluding hydrogens is 204 g/mol. The van der Waals surface area contributed by atoms with Crippen molar-refractivity contribution in [2.75, 3.05) is 13.2 Å². The molecule has 16 heavy (non-hydrogen) atoms. The fraction of sp³-hybridized carbons (Fsp3) is 0.750. The second kappa shape index (κ2) is 4.55. The molecule has 0 aromatic carbocycles. The van der Waals surface area contributed by atoms with E-state index in [1.807, 2.05) is 13.8 Å². The van der Waals surface area contributed by atoms with Gasteiger partial charge < -0.3 is 14.6 Å². The van der Waals surface area contributed by atoms with Crippen LogP contribution < -0.4 is 5.32 Å². The van der Waals surface area contributed by atoms with Crippen molar-refractivity contribution in [1.82, 2.24) is 10.5 Å². The van der Waals surface area contributed by atoms with E-state index in [1.54, 1.807) is 0 Å². The Kier molecular flexibility index (Phi) is 3.30. The van der Waals surface area contributed by atoms with Crippen molar-refractivity contribution in [3.8, 4) is 0 Å². The predicted molar refractivity (Wildman–Crippen MR) is 61.3 cm³/mol. The molecular formula is C12H20N2O2. The number of hydrogen-bond acceptors (Lipinski definition) is 4. The quantitative estimate of drug-likeness (QED) is 0.852. The molecule has 1 aromatic rings. The first-order valence-corrected chi connectivity index (χ1v) is 5.85. The second-order valence-corrected chi connectivity index (χ2v) is 4.83. The lowest BCUT2D eigenvalue weighted by molar-refractivity contribution is 0.0446. The van der Waals surface area contributed by atoms with Crippen LogP contribution in [0.4, 0.5) is 0 Å². The van der Waals surface area contributed by atoms with Crippen LogP contribution in [0.15, 0.2) is 4.52 Å². The third-order valence-electron chi connectivity index (χ3n) is 3.47. The summed E-state index contributed by atoms with van der Waals surface area (Å²) in [6.07, 6.45) is 2.13. The SMILES string of the molecule is Cc1noc(C)c1CNC1(C)CCOCC1. The summed E-state index contributed by atoms with van der Waals surface area (Å²) >= 11 is 0. The number of aromatic nitrogens is 1. The molecule has 0 amide bonds. The third kappa shape index (κ3) is 2.44. The average molecular weight is 224 g/mol. The highest BCUT2D eigenvalue weighted by molar-refractivity contribution is 5.20. The Morgan fingerprint density at radius 2 is 2.00 bits per heavy atom. The standard InChI is InChI=1S/C12H20N2O2/c1-9-11(10(2)16-14-9)8-13-12(3)4-6-15-7-5-12/h13H,4-8H2,1-3H3. The highest BCUT2D eigenvalue weighted by Gasteiger charge is 2.27. The van der Waals surface area contributed by atoms with E-state index in [0.717, 1.165) is 44.1 Å². The summed E-state index contributed by atoms with van der Waals surface area (Å²) in [4.78, 5) is 0. The summed E-state index contributed by atoms with van der Waals surface area (Å²) in [6.45, 7) is 8.74. The van der Waals surface area contributed by atoms with Crippen LogP contribution in [0.3, 0.4) is 0 Å². The van der Waals surface area contributed by atoms with E-state index < -0.39 is 0 Å². The summed E-state index contributed by atoms with van der Waals surface area (Å²) in [5.41, 5.74) is 2.36. The molecule has 0 saturated carbocycles. The zero-order chi connectivity index (χ0) is 11.6. The van der Waals surface area contributed by atoms with Gasteiger partial charge in [-0.15, -0.1) is 0 Å². The smallest absolute Gasteiger partial charge is 0.138 e. The maximum absolute atomic E-state index is 5.38. The van der Waals surface area contributed by atoms with Crippen LogP contribution >= 0.6 is 0 Å². The monoisotopic (exact) mass is 224 g/mol. The topological polar surface area (TPSA) is 47.3 Å². The van der Waals surface area contributed by atoms with Crippen LogP contribution in [0, 0.1) is 13.8 Å². The molecule has 0 spiro atoms. The van der Waals surface area contributed by atoms with Gasteiger partial charge in [-0.1, -0.05) is 5.16 Å². The largest absolute Gasteiger partial charge is 0.381 e. The molecule has 1 saturated heterocycles. The first-order valence-electron chi connectivity index (χ1n) is 5.85. The molecule has 0 aliphatic carbocycles. The van der Waals surface area contributed by atoms with Gasteiger partial charge in [-0.3, -0.25) is 0 Å². The molecule has 1 fully saturated rings. The maximum Gasteiger partial charge on any atom is 0.138 e. The van der Waals surface area contributed by atoms with Crippen molar-refractivity contribution in [1.29, 1.82) is 0 Å². The number of nitrogens with one attached hydrogen (secondary N) is 1. The number of rotatable bonds is 3. The maximum atomic E-state index is 5.38. The molecule has 2 heterocycles. The summed E-state index contributed by atoms with van der Waals surface area (Å²) in [6, 6.07) is 0. The molecule has 1 aliphatic heterocycles. The second-order valence-electron chi connectivity index (χ2n) is 4.83. The Morgan fingerprint density at radius 1 is 1.31 bits per heavy atom. The van der Waals surface area contributed by atoms with Gasteiger partial charge in [0.15, 0.2) is 0 Å². The number of nitrogens with zero attached hydrogens (tertiary/aromatic N) is 1. The lowest BCUT2D eigenvalue weighted by Gasteiger charge is -2.34. The van der Waals surface area contributed by atoms with Gasteiger partial charge in [0.25, 0.3) is 0 Å². The van der Waals surface area contributed by atoms with Crippen molar-refractivity contribution in [2.24, 2.45) is 0 Å². The summed E-state index contributed by atoms with van der Waals surface area (Å²) < 4.78 is 10.5. The van der Waals surface area contributed by atoms with E-state index in [0.29, 0.717) is 0 Å². The van der Waals surface area contributed by atoms with Gasteiger partial charge >= 0.3 is 0 Å². The van der Waals surface area contributed by atoms with Crippen LogP contribution in [0.1, 0.15) is 36.8 Å². The van der Waals surface area contributed by atoms with Crippen molar-refractivity contribution in [3.63, 3.8) is 0 Å². The van der Waals surface area contributed by atoms with E-state index in [1.165, 1.54) is 5.56 Å². The minimum atomic E-state index is 0.189. The summed E-state index contributed by atoms with van der Waals surface area (Å²) in [5, 5.41) is 7.56. The molecule has 0 radical (unpaired) electrons. The Labute approximate surface area is 96.3 Å². The molecule has 4 heteroatoms. The van der Waals surface area contributed by atoms with Gasteiger partial charge in [-0.25, -0.2) is 0 Å². The highest BCUT2D eigenvalue weighted by Crippen LogP contribution is 2.21. The zero-order valence-electron chi connectivity index (χ0n) is 10.3. The minimum Gasteiger partial charge on any atom is -0.381 e. The van der Waals surface area contributed by atoms with Gasteiger partial charge in [-0.2, -0.15) is 0 Å². The van der Waals surface area contributed by atoms with E-state index in [-0.39, 0.29) is 5.54 Å². The van der Waals surface area contributed by atoms with Gasteiger partial charge in [-0.05, 0) is 33.6 Å². The fourth-order valence-electron chi connectivity index (χ4n) is 2.05. The molecule has 1 aromatic heterocycles. The third-order valence-corrected chi connectivity index (χ3v) is 3.47. The van der Waals surface area contributed by atoms with Gasteiger partial charge in [0, 0.05) is 30.9 Å². The van der Waals surface area contributed by atoms with Crippen molar-refractivity contribution >= 4 is 0 Å². The van der Waals surface area contributed by atoms with Crippen molar-refractivity contribution in [2.45, 2.75) is 45.7 Å². The Hall–Kier alpha value is -0.870. The minimum absolute atomic E-state index is 0.189. The summed E-state index contributed by atoms with van der Waals surface area (Å²) in [5.74, 6) is 0.917. The van der Waals surface area contributed by atoms with Gasteiger partial charge in [0.05, 0.1) is 5.69 Å². The molecule has 1 aliphatic rings. The Bertz CT molecular complexity index is 334. The number of hydrogen-bond donors (Lipinski definition) is 1. The van der Waals surface area contributed by atoms with Crippen molar-refractivity contribution < 1.29 is 9.26 Å². The molecule has 2 rings (SSSR count). The molecule has 4 nitrogen and oxygen atoms in total. The van der Waals surface area contributed by atoms with E-state index in [4.69, 9.17) is 9.26 Å². The Balaban J connectivity index is 1.96. The van der Waals surface area contributed by atoms with Gasteiger partial charge in [0.2, 0.25) is 0 Å². The predicted octanol–water partition coefficient (Wildman–Crippen LogP) is 1.95.